The van der Waals surface area contributed by atoms with E-state index in [1.54, 1.807) is 30.2 Å². The van der Waals surface area contributed by atoms with E-state index in [-0.39, 0.29) is 5.91 Å². The van der Waals surface area contributed by atoms with Gasteiger partial charge in [0, 0.05) is 22.6 Å². The van der Waals surface area contributed by atoms with Gasteiger partial charge in [0.2, 0.25) is 0 Å². The molecule has 0 saturated heterocycles. The predicted octanol–water partition coefficient (Wildman–Crippen LogP) is 4.99. The zero-order valence-electron chi connectivity index (χ0n) is 15.6. The second-order valence-corrected chi connectivity index (χ2v) is 8.21. The number of carbonyl (C=O) groups excluding carboxylic acids is 1. The summed E-state index contributed by atoms with van der Waals surface area (Å²) in [5, 5.41) is 6.13. The van der Waals surface area contributed by atoms with Gasteiger partial charge < -0.3 is 10.1 Å². The highest BCUT2D eigenvalue weighted by molar-refractivity contribution is 7.98. The van der Waals surface area contributed by atoms with E-state index in [9.17, 15) is 4.79 Å². The summed E-state index contributed by atoms with van der Waals surface area (Å²) in [6.07, 6.45) is 0. The Bertz CT molecular complexity index is 937. The summed E-state index contributed by atoms with van der Waals surface area (Å²) >= 11 is 3.28. The molecule has 6 heteroatoms. The first-order valence-electron chi connectivity index (χ1n) is 8.61. The van der Waals surface area contributed by atoms with Crippen molar-refractivity contribution in [3.8, 4) is 5.75 Å². The first kappa shape index (κ1) is 19.5. The number of aryl methyl sites for hydroxylation is 2. The van der Waals surface area contributed by atoms with Crippen LogP contribution in [0.15, 0.2) is 52.7 Å². The third-order valence-electron chi connectivity index (χ3n) is 4.10. The molecule has 0 fully saturated rings. The molecule has 140 valence electrons. The molecule has 0 radical (unpaired) electrons. The highest BCUT2D eigenvalue weighted by Crippen LogP contribution is 2.27. The van der Waals surface area contributed by atoms with Gasteiger partial charge in [-0.1, -0.05) is 24.3 Å². The average molecular weight is 399 g/mol. The van der Waals surface area contributed by atoms with Crippen LogP contribution in [-0.4, -0.2) is 18.0 Å². The van der Waals surface area contributed by atoms with Crippen LogP contribution < -0.4 is 10.1 Å². The van der Waals surface area contributed by atoms with Crippen LogP contribution in [-0.2, 0) is 12.3 Å². The minimum absolute atomic E-state index is 0.0768. The van der Waals surface area contributed by atoms with Crippen LogP contribution in [0.1, 0.15) is 32.2 Å². The van der Waals surface area contributed by atoms with E-state index in [0.29, 0.717) is 12.1 Å². The molecule has 1 aromatic heterocycles. The molecular weight excluding hydrogens is 376 g/mol. The normalized spacial score (nSPS) is 10.6. The number of hydrogen-bond donors (Lipinski definition) is 1. The zero-order valence-corrected chi connectivity index (χ0v) is 17.2. The number of aromatic nitrogens is 1. The lowest BCUT2D eigenvalue weighted by atomic mass is 10.1. The number of thiazole rings is 1. The van der Waals surface area contributed by atoms with Crippen molar-refractivity contribution in [2.24, 2.45) is 0 Å². The smallest absolute Gasteiger partial charge is 0.252 e. The SMILES string of the molecule is COc1cc(CNC(=O)c2ccccc2SCc2csc(C)n2)ccc1C. The van der Waals surface area contributed by atoms with Gasteiger partial charge in [0.15, 0.2) is 0 Å². The van der Waals surface area contributed by atoms with Gasteiger partial charge in [0.05, 0.1) is 23.4 Å². The Morgan fingerprint density at radius 3 is 2.78 bits per heavy atom. The number of thioether (sulfide) groups is 1. The Balaban J connectivity index is 1.66. The van der Waals surface area contributed by atoms with Gasteiger partial charge in [-0.2, -0.15) is 0 Å². The van der Waals surface area contributed by atoms with E-state index in [1.807, 2.05) is 56.3 Å². The van der Waals surface area contributed by atoms with Gasteiger partial charge in [-0.05, 0) is 43.2 Å². The third-order valence-corrected chi connectivity index (χ3v) is 6.03. The molecule has 1 amide bonds. The molecule has 3 aromatic rings. The van der Waals surface area contributed by atoms with Gasteiger partial charge in [-0.15, -0.1) is 23.1 Å². The number of amides is 1. The van der Waals surface area contributed by atoms with E-state index < -0.39 is 0 Å². The van der Waals surface area contributed by atoms with E-state index >= 15 is 0 Å². The summed E-state index contributed by atoms with van der Waals surface area (Å²) in [6.45, 7) is 4.46. The van der Waals surface area contributed by atoms with E-state index in [2.05, 4.69) is 15.7 Å². The highest BCUT2D eigenvalue weighted by Gasteiger charge is 2.12. The van der Waals surface area contributed by atoms with Crippen molar-refractivity contribution in [2.75, 3.05) is 7.11 Å². The van der Waals surface area contributed by atoms with E-state index in [4.69, 9.17) is 4.74 Å². The van der Waals surface area contributed by atoms with Gasteiger partial charge >= 0.3 is 0 Å². The monoisotopic (exact) mass is 398 g/mol. The van der Waals surface area contributed by atoms with Crippen LogP contribution in [0.4, 0.5) is 0 Å². The summed E-state index contributed by atoms with van der Waals surface area (Å²) in [6, 6.07) is 13.6. The van der Waals surface area contributed by atoms with Crippen LogP contribution in [0.5, 0.6) is 5.75 Å². The van der Waals surface area contributed by atoms with Gasteiger partial charge in [-0.3, -0.25) is 4.79 Å². The Hall–Kier alpha value is -2.31. The Kier molecular flexibility index (Phi) is 6.53. The number of ether oxygens (including phenoxy) is 1. The number of rotatable bonds is 7. The average Bonchev–Trinajstić information content (AvgIpc) is 3.11. The second-order valence-electron chi connectivity index (χ2n) is 6.13. The Morgan fingerprint density at radius 1 is 1.22 bits per heavy atom. The molecule has 0 aliphatic heterocycles. The summed E-state index contributed by atoms with van der Waals surface area (Å²) in [7, 11) is 1.65. The molecule has 0 bridgehead atoms. The maximum atomic E-state index is 12.7. The topological polar surface area (TPSA) is 51.2 Å². The number of carbonyl (C=O) groups is 1. The van der Waals surface area contributed by atoms with Gasteiger partial charge in [-0.25, -0.2) is 4.98 Å². The van der Waals surface area contributed by atoms with Gasteiger partial charge in [0.1, 0.15) is 5.75 Å². The number of nitrogens with one attached hydrogen (secondary N) is 1. The molecule has 1 N–H and O–H groups in total. The van der Waals surface area contributed by atoms with Crippen LogP contribution in [0.3, 0.4) is 0 Å². The summed E-state index contributed by atoms with van der Waals surface area (Å²) in [4.78, 5) is 18.2. The Labute approximate surface area is 168 Å². The summed E-state index contributed by atoms with van der Waals surface area (Å²) in [5.41, 5.74) is 3.82. The van der Waals surface area contributed by atoms with Gasteiger partial charge in [0.25, 0.3) is 5.91 Å². The third kappa shape index (κ3) is 5.11. The fraction of sp³-hybridized carbons (Fsp3) is 0.238. The first-order valence-corrected chi connectivity index (χ1v) is 10.5. The van der Waals surface area contributed by atoms with Crippen LogP contribution >= 0.6 is 23.1 Å². The van der Waals surface area contributed by atoms with Crippen molar-refractivity contribution >= 4 is 29.0 Å². The fourth-order valence-corrected chi connectivity index (χ4v) is 4.32. The number of benzene rings is 2. The summed E-state index contributed by atoms with van der Waals surface area (Å²) in [5.74, 6) is 1.51. The quantitative estimate of drug-likeness (QED) is 0.570. The van der Waals surface area contributed by atoms with E-state index in [0.717, 1.165) is 38.2 Å². The minimum atomic E-state index is -0.0768. The largest absolute Gasteiger partial charge is 0.496 e. The number of methoxy groups -OCH3 is 1. The van der Waals surface area contributed by atoms with Crippen LogP contribution in [0.2, 0.25) is 0 Å². The number of hydrogen-bond acceptors (Lipinski definition) is 5. The molecule has 3 rings (SSSR count). The molecule has 0 saturated carbocycles. The maximum Gasteiger partial charge on any atom is 0.252 e. The lowest BCUT2D eigenvalue weighted by Gasteiger charge is -2.11. The molecule has 2 aromatic carbocycles. The lowest BCUT2D eigenvalue weighted by Crippen LogP contribution is -2.23. The highest BCUT2D eigenvalue weighted by atomic mass is 32.2. The van der Waals surface area contributed by atoms with Crippen molar-refractivity contribution in [1.82, 2.24) is 10.3 Å². The molecule has 4 nitrogen and oxygen atoms in total. The van der Waals surface area contributed by atoms with Crippen molar-refractivity contribution in [3.63, 3.8) is 0 Å². The molecule has 0 aliphatic rings. The van der Waals surface area contributed by atoms with E-state index in [1.165, 1.54) is 0 Å². The summed E-state index contributed by atoms with van der Waals surface area (Å²) < 4.78 is 5.35. The Morgan fingerprint density at radius 2 is 2.04 bits per heavy atom. The molecular formula is C21H22N2O2S2. The van der Waals surface area contributed by atoms with Crippen molar-refractivity contribution in [2.45, 2.75) is 31.0 Å². The molecule has 0 spiro atoms. The standard InChI is InChI=1S/C21H22N2O2S2/c1-14-8-9-16(10-19(14)25-3)11-22-21(24)18-6-4-5-7-20(18)27-13-17-12-26-15(2)23-17/h4-10,12H,11,13H2,1-3H3,(H,22,24). The van der Waals surface area contributed by atoms with Crippen LogP contribution in [0, 0.1) is 13.8 Å². The molecule has 0 unspecified atom stereocenters. The van der Waals surface area contributed by atoms with Crippen molar-refractivity contribution < 1.29 is 9.53 Å². The van der Waals surface area contributed by atoms with Crippen LogP contribution in [0.25, 0.3) is 0 Å². The molecule has 0 atom stereocenters. The predicted molar refractivity (Wildman–Crippen MR) is 112 cm³/mol. The fourth-order valence-electron chi connectivity index (χ4n) is 2.66. The molecule has 0 aliphatic carbocycles. The molecule has 1 heterocycles. The maximum absolute atomic E-state index is 12.7. The second kappa shape index (κ2) is 9.06. The zero-order chi connectivity index (χ0) is 19.2. The lowest BCUT2D eigenvalue weighted by molar-refractivity contribution is 0.0948. The number of nitrogens with zero attached hydrogens (tertiary/aromatic N) is 1. The van der Waals surface area contributed by atoms with Crippen molar-refractivity contribution in [3.05, 3.63) is 75.2 Å². The first-order chi connectivity index (χ1) is 13.1. The minimum Gasteiger partial charge on any atom is -0.496 e. The molecule has 27 heavy (non-hydrogen) atoms. The van der Waals surface area contributed by atoms with Crippen molar-refractivity contribution in [1.29, 1.82) is 0 Å².